The molecule has 2 rings (SSSR count). The highest BCUT2D eigenvalue weighted by Crippen LogP contribution is 2.07. The van der Waals surface area contributed by atoms with E-state index in [1.807, 2.05) is 12.3 Å². The highest BCUT2D eigenvalue weighted by molar-refractivity contribution is 5.85. The smallest absolute Gasteiger partial charge is 0.183 e. The topological polar surface area (TPSA) is 56.2 Å². The summed E-state index contributed by atoms with van der Waals surface area (Å²) in [5, 5.41) is 7.50. The molecule has 0 aliphatic rings. The van der Waals surface area contributed by atoms with E-state index < -0.39 is 0 Å². The summed E-state index contributed by atoms with van der Waals surface area (Å²) in [6.45, 7) is 0. The van der Waals surface area contributed by atoms with E-state index in [1.54, 1.807) is 16.8 Å². The molecular weight excluding hydrogens is 199 g/mol. The first kappa shape index (κ1) is 11.0. The van der Waals surface area contributed by atoms with Crippen molar-refractivity contribution in [3.63, 3.8) is 0 Å². The summed E-state index contributed by atoms with van der Waals surface area (Å²) in [6, 6.07) is 3.65. The lowest BCUT2D eigenvalue weighted by molar-refractivity contribution is 1.10. The molecule has 2 aromatic rings. The number of pyridine rings is 1. The van der Waals surface area contributed by atoms with E-state index in [9.17, 15) is 0 Å². The van der Waals surface area contributed by atoms with Crippen molar-refractivity contribution >= 4 is 36.1 Å². The molecule has 0 atom stereocenters. The van der Waals surface area contributed by atoms with Crippen LogP contribution in [0.5, 0.6) is 0 Å². The molecule has 0 aromatic carbocycles. The summed E-state index contributed by atoms with van der Waals surface area (Å²) in [7, 11) is 0. The summed E-state index contributed by atoms with van der Waals surface area (Å²) in [5.41, 5.74) is 6.94. The van der Waals surface area contributed by atoms with Crippen LogP contribution in [0, 0.1) is 0 Å². The number of fused-ring (bicyclic) bond motifs is 1. The summed E-state index contributed by atoms with van der Waals surface area (Å²) in [6.07, 6.45) is 3.47. The Morgan fingerprint density at radius 3 is 2.75 bits per heavy atom. The number of nitrogen functional groups attached to an aromatic ring is 1. The van der Waals surface area contributed by atoms with Gasteiger partial charge in [0.25, 0.3) is 0 Å². The summed E-state index contributed by atoms with van der Waals surface area (Å²) in [4.78, 5) is 0. The molecule has 2 N–H and O–H groups in total. The third-order valence-electron chi connectivity index (χ3n) is 1.35. The predicted molar refractivity (Wildman–Crippen MR) is 51.9 cm³/mol. The standard InChI is InChI=1S/C6H6N4.2ClH/c7-5-2-1-3-10-4-8-9-6(5)10;;/h1-4H,7H2;2*1H. The van der Waals surface area contributed by atoms with Crippen LogP contribution >= 0.6 is 24.8 Å². The van der Waals surface area contributed by atoms with Gasteiger partial charge in [-0.15, -0.1) is 35.0 Å². The number of nitrogens with zero attached hydrogens (tertiary/aromatic N) is 3. The zero-order valence-electron chi connectivity index (χ0n) is 6.04. The van der Waals surface area contributed by atoms with Crippen LogP contribution in [0.1, 0.15) is 0 Å². The summed E-state index contributed by atoms with van der Waals surface area (Å²) >= 11 is 0. The molecule has 0 saturated carbocycles. The number of aromatic nitrogens is 3. The molecule has 4 nitrogen and oxygen atoms in total. The number of hydrogen-bond donors (Lipinski definition) is 1. The summed E-state index contributed by atoms with van der Waals surface area (Å²) < 4.78 is 1.77. The van der Waals surface area contributed by atoms with E-state index >= 15 is 0 Å². The van der Waals surface area contributed by atoms with Gasteiger partial charge in [0.1, 0.15) is 6.33 Å². The molecule has 0 bridgehead atoms. The lowest BCUT2D eigenvalue weighted by Crippen LogP contribution is -1.90. The average Bonchev–Trinajstić information content (AvgIpc) is 2.36. The fourth-order valence-corrected chi connectivity index (χ4v) is 0.872. The van der Waals surface area contributed by atoms with Gasteiger partial charge in [0, 0.05) is 6.20 Å². The van der Waals surface area contributed by atoms with Gasteiger partial charge in [0.15, 0.2) is 5.65 Å². The Bertz CT molecular complexity index is 359. The van der Waals surface area contributed by atoms with Crippen molar-refractivity contribution in [2.45, 2.75) is 0 Å². The lowest BCUT2D eigenvalue weighted by Gasteiger charge is -1.92. The van der Waals surface area contributed by atoms with E-state index in [-0.39, 0.29) is 24.8 Å². The Morgan fingerprint density at radius 2 is 2.08 bits per heavy atom. The first-order chi connectivity index (χ1) is 4.88. The molecule has 0 aliphatic heterocycles. The molecule has 66 valence electrons. The van der Waals surface area contributed by atoms with E-state index in [4.69, 9.17) is 5.73 Å². The van der Waals surface area contributed by atoms with Crippen LogP contribution < -0.4 is 5.73 Å². The number of hydrogen-bond acceptors (Lipinski definition) is 3. The highest BCUT2D eigenvalue weighted by Gasteiger charge is 1.95. The molecular formula is C6H8Cl2N4. The van der Waals surface area contributed by atoms with Crippen molar-refractivity contribution in [3.05, 3.63) is 24.7 Å². The average molecular weight is 207 g/mol. The summed E-state index contributed by atoms with van der Waals surface area (Å²) in [5.74, 6) is 0. The number of anilines is 1. The molecule has 0 spiro atoms. The molecule has 0 unspecified atom stereocenters. The lowest BCUT2D eigenvalue weighted by atomic mass is 10.4. The van der Waals surface area contributed by atoms with E-state index in [2.05, 4.69) is 10.2 Å². The van der Waals surface area contributed by atoms with Gasteiger partial charge >= 0.3 is 0 Å². The Balaban J connectivity index is 0.000000605. The fraction of sp³-hybridized carbons (Fsp3) is 0. The van der Waals surface area contributed by atoms with E-state index in [0.717, 1.165) is 0 Å². The minimum absolute atomic E-state index is 0. The van der Waals surface area contributed by atoms with Crippen LogP contribution in [-0.4, -0.2) is 14.6 Å². The number of halogens is 2. The van der Waals surface area contributed by atoms with E-state index in [1.165, 1.54) is 0 Å². The normalized spacial score (nSPS) is 8.67. The zero-order chi connectivity index (χ0) is 6.97. The quantitative estimate of drug-likeness (QED) is 0.704. The highest BCUT2D eigenvalue weighted by atomic mass is 35.5. The maximum Gasteiger partial charge on any atom is 0.183 e. The molecule has 6 heteroatoms. The second kappa shape index (κ2) is 4.13. The van der Waals surface area contributed by atoms with Crippen molar-refractivity contribution < 1.29 is 0 Å². The van der Waals surface area contributed by atoms with Crippen LogP contribution in [0.25, 0.3) is 5.65 Å². The van der Waals surface area contributed by atoms with Gasteiger partial charge in [-0.25, -0.2) is 0 Å². The van der Waals surface area contributed by atoms with Crippen molar-refractivity contribution in [1.82, 2.24) is 14.6 Å². The van der Waals surface area contributed by atoms with Gasteiger partial charge in [0.05, 0.1) is 5.69 Å². The van der Waals surface area contributed by atoms with Crippen molar-refractivity contribution in [2.75, 3.05) is 5.73 Å². The monoisotopic (exact) mass is 206 g/mol. The van der Waals surface area contributed by atoms with E-state index in [0.29, 0.717) is 11.3 Å². The van der Waals surface area contributed by atoms with Crippen LogP contribution in [0.4, 0.5) is 5.69 Å². The van der Waals surface area contributed by atoms with Crippen LogP contribution in [0.2, 0.25) is 0 Å². The minimum atomic E-state index is 0. The van der Waals surface area contributed by atoms with Crippen LogP contribution in [0.15, 0.2) is 24.7 Å². The fourth-order valence-electron chi connectivity index (χ4n) is 0.872. The van der Waals surface area contributed by atoms with Gasteiger partial charge in [-0.2, -0.15) is 0 Å². The van der Waals surface area contributed by atoms with Crippen molar-refractivity contribution in [1.29, 1.82) is 0 Å². The van der Waals surface area contributed by atoms with Crippen molar-refractivity contribution in [2.24, 2.45) is 0 Å². The largest absolute Gasteiger partial charge is 0.396 e. The molecule has 0 radical (unpaired) electrons. The second-order valence-electron chi connectivity index (χ2n) is 2.03. The predicted octanol–water partition coefficient (Wildman–Crippen LogP) is 1.16. The Kier molecular flexibility index (Phi) is 3.79. The molecule has 12 heavy (non-hydrogen) atoms. The Labute approximate surface area is 81.6 Å². The Hall–Kier alpha value is -1.00. The van der Waals surface area contributed by atoms with Gasteiger partial charge in [-0.05, 0) is 12.1 Å². The zero-order valence-corrected chi connectivity index (χ0v) is 7.68. The second-order valence-corrected chi connectivity index (χ2v) is 2.03. The third-order valence-corrected chi connectivity index (χ3v) is 1.35. The number of rotatable bonds is 0. The first-order valence-electron chi connectivity index (χ1n) is 2.92. The Morgan fingerprint density at radius 1 is 1.33 bits per heavy atom. The molecule has 0 fully saturated rings. The number of nitrogens with two attached hydrogens (primary N) is 1. The van der Waals surface area contributed by atoms with Gasteiger partial charge < -0.3 is 5.73 Å². The molecule has 0 aliphatic carbocycles. The molecule has 2 aromatic heterocycles. The van der Waals surface area contributed by atoms with Gasteiger partial charge in [0.2, 0.25) is 0 Å². The van der Waals surface area contributed by atoms with Crippen LogP contribution in [-0.2, 0) is 0 Å². The van der Waals surface area contributed by atoms with Gasteiger partial charge in [-0.3, -0.25) is 4.40 Å². The van der Waals surface area contributed by atoms with Crippen molar-refractivity contribution in [3.8, 4) is 0 Å². The first-order valence-corrected chi connectivity index (χ1v) is 2.92. The maximum atomic E-state index is 5.58. The SMILES string of the molecule is Cl.Cl.Nc1cccn2cnnc12. The van der Waals surface area contributed by atoms with Crippen LogP contribution in [0.3, 0.4) is 0 Å². The minimum Gasteiger partial charge on any atom is -0.396 e. The molecule has 0 saturated heterocycles. The molecule has 0 amide bonds. The maximum absolute atomic E-state index is 5.58. The van der Waals surface area contributed by atoms with Gasteiger partial charge in [-0.1, -0.05) is 0 Å². The third kappa shape index (κ3) is 1.60. The molecule has 2 heterocycles.